The summed E-state index contributed by atoms with van der Waals surface area (Å²) in [6.45, 7) is 6.73. The van der Waals surface area contributed by atoms with Gasteiger partial charge in [0.2, 0.25) is 0 Å². The van der Waals surface area contributed by atoms with Crippen LogP contribution in [0.3, 0.4) is 0 Å². The Morgan fingerprint density at radius 2 is 1.86 bits per heavy atom. The first-order chi connectivity index (χ1) is 9.92. The second-order valence-electron chi connectivity index (χ2n) is 4.96. The van der Waals surface area contributed by atoms with Gasteiger partial charge in [-0.05, 0) is 45.0 Å². The van der Waals surface area contributed by atoms with Gasteiger partial charge < -0.3 is 5.32 Å². The normalized spacial score (nSPS) is 11.6. The van der Waals surface area contributed by atoms with E-state index in [1.807, 2.05) is 20.8 Å². The van der Waals surface area contributed by atoms with E-state index in [0.717, 1.165) is 12.2 Å². The van der Waals surface area contributed by atoms with Crippen molar-refractivity contribution in [3.63, 3.8) is 0 Å². The molecule has 0 aliphatic rings. The molecule has 0 saturated heterocycles. The number of nitrogens with zero attached hydrogens (tertiary/aromatic N) is 2. The number of benzene rings is 1. The molecule has 0 spiro atoms. The Bertz CT molecular complexity index is 690. The highest BCUT2D eigenvalue weighted by Crippen LogP contribution is 2.18. The van der Waals surface area contributed by atoms with Crippen LogP contribution >= 0.6 is 0 Å². The minimum absolute atomic E-state index is 0.183. The summed E-state index contributed by atoms with van der Waals surface area (Å²) in [6.07, 6.45) is 3.18. The molecule has 0 aliphatic heterocycles. The second kappa shape index (κ2) is 6.17. The minimum Gasteiger partial charge on any atom is -0.385 e. The van der Waals surface area contributed by atoms with Crippen LogP contribution in [-0.2, 0) is 10.0 Å². The molecular weight excluding hydrogens is 288 g/mol. The van der Waals surface area contributed by atoms with E-state index < -0.39 is 10.0 Å². The number of anilines is 2. The molecule has 2 N–H and O–H groups in total. The Labute approximate surface area is 125 Å². The molecule has 1 heterocycles. The summed E-state index contributed by atoms with van der Waals surface area (Å²) < 4.78 is 28.8. The summed E-state index contributed by atoms with van der Waals surface area (Å²) in [6, 6.07) is 6.83. The number of hydrogen-bond acceptors (Lipinski definition) is 4. The lowest BCUT2D eigenvalue weighted by atomic mass is 10.3. The standard InChI is InChI=1S/C14H20N4O2S/c1-4-15-12-5-7-14(8-6-12)21(19,20)17-13-9-16-18(10-13)11(2)3/h5-11,15,17H,4H2,1-3H3. The van der Waals surface area contributed by atoms with Crippen molar-refractivity contribution in [1.82, 2.24) is 9.78 Å². The van der Waals surface area contributed by atoms with Gasteiger partial charge >= 0.3 is 0 Å². The number of nitrogens with one attached hydrogen (secondary N) is 2. The molecule has 0 radical (unpaired) electrons. The van der Waals surface area contributed by atoms with Crippen LogP contribution in [0.15, 0.2) is 41.6 Å². The molecule has 0 amide bonds. The van der Waals surface area contributed by atoms with Crippen molar-refractivity contribution in [3.8, 4) is 0 Å². The fraction of sp³-hybridized carbons (Fsp3) is 0.357. The molecule has 2 aromatic rings. The van der Waals surface area contributed by atoms with Crippen LogP contribution in [0.2, 0.25) is 0 Å². The minimum atomic E-state index is -3.59. The molecule has 0 unspecified atom stereocenters. The molecule has 7 heteroatoms. The monoisotopic (exact) mass is 308 g/mol. The van der Waals surface area contributed by atoms with Crippen molar-refractivity contribution in [3.05, 3.63) is 36.7 Å². The van der Waals surface area contributed by atoms with Crippen molar-refractivity contribution < 1.29 is 8.42 Å². The third kappa shape index (κ3) is 3.75. The van der Waals surface area contributed by atoms with Crippen molar-refractivity contribution >= 4 is 21.4 Å². The molecule has 0 atom stereocenters. The maximum atomic E-state index is 12.3. The summed E-state index contributed by atoms with van der Waals surface area (Å²) in [4.78, 5) is 0.224. The first-order valence-electron chi connectivity index (χ1n) is 6.83. The first kappa shape index (κ1) is 15.4. The molecule has 114 valence electrons. The van der Waals surface area contributed by atoms with E-state index in [-0.39, 0.29) is 10.9 Å². The number of hydrogen-bond donors (Lipinski definition) is 2. The van der Waals surface area contributed by atoms with Crippen LogP contribution in [0.1, 0.15) is 26.8 Å². The second-order valence-corrected chi connectivity index (χ2v) is 6.65. The maximum absolute atomic E-state index is 12.3. The van der Waals surface area contributed by atoms with Crippen molar-refractivity contribution in [1.29, 1.82) is 0 Å². The molecule has 0 aliphatic carbocycles. The van der Waals surface area contributed by atoms with Crippen LogP contribution in [0.4, 0.5) is 11.4 Å². The van der Waals surface area contributed by atoms with Gasteiger partial charge in [0, 0.05) is 24.5 Å². The zero-order chi connectivity index (χ0) is 15.5. The molecule has 0 bridgehead atoms. The van der Waals surface area contributed by atoms with Crippen LogP contribution in [0, 0.1) is 0 Å². The largest absolute Gasteiger partial charge is 0.385 e. The summed E-state index contributed by atoms with van der Waals surface area (Å²) in [5.41, 5.74) is 1.35. The summed E-state index contributed by atoms with van der Waals surface area (Å²) in [7, 11) is -3.59. The van der Waals surface area contributed by atoms with Gasteiger partial charge in [-0.2, -0.15) is 5.10 Å². The molecule has 0 fully saturated rings. The van der Waals surface area contributed by atoms with Gasteiger partial charge in [0.25, 0.3) is 10.0 Å². The Morgan fingerprint density at radius 3 is 2.38 bits per heavy atom. The fourth-order valence-corrected chi connectivity index (χ4v) is 2.87. The summed E-state index contributed by atoms with van der Waals surface area (Å²) in [5.74, 6) is 0. The van der Waals surface area contributed by atoms with Gasteiger partial charge in [0.15, 0.2) is 0 Å². The van der Waals surface area contributed by atoms with Gasteiger partial charge in [0.1, 0.15) is 0 Å². The van der Waals surface area contributed by atoms with Crippen molar-refractivity contribution in [2.24, 2.45) is 0 Å². The predicted octanol–water partition coefficient (Wildman–Crippen LogP) is 2.70. The number of sulfonamides is 1. The van der Waals surface area contributed by atoms with Gasteiger partial charge in [0.05, 0.1) is 16.8 Å². The van der Waals surface area contributed by atoms with Crippen LogP contribution in [-0.4, -0.2) is 24.7 Å². The van der Waals surface area contributed by atoms with E-state index in [2.05, 4.69) is 15.1 Å². The third-order valence-electron chi connectivity index (χ3n) is 2.93. The third-order valence-corrected chi connectivity index (χ3v) is 4.33. The molecule has 21 heavy (non-hydrogen) atoms. The highest BCUT2D eigenvalue weighted by molar-refractivity contribution is 7.92. The lowest BCUT2D eigenvalue weighted by Gasteiger charge is -2.08. The van der Waals surface area contributed by atoms with Gasteiger partial charge in [-0.25, -0.2) is 8.42 Å². The highest BCUT2D eigenvalue weighted by atomic mass is 32.2. The molecular formula is C14H20N4O2S. The SMILES string of the molecule is CCNc1ccc(S(=O)(=O)Nc2cnn(C(C)C)c2)cc1. The highest BCUT2D eigenvalue weighted by Gasteiger charge is 2.15. The van der Waals surface area contributed by atoms with E-state index in [4.69, 9.17) is 0 Å². The smallest absolute Gasteiger partial charge is 0.261 e. The maximum Gasteiger partial charge on any atom is 0.261 e. The van der Waals surface area contributed by atoms with E-state index >= 15 is 0 Å². The average molecular weight is 308 g/mol. The number of aromatic nitrogens is 2. The van der Waals surface area contributed by atoms with Crippen molar-refractivity contribution in [2.75, 3.05) is 16.6 Å². The van der Waals surface area contributed by atoms with Crippen LogP contribution in [0.5, 0.6) is 0 Å². The molecule has 6 nitrogen and oxygen atoms in total. The van der Waals surface area contributed by atoms with Gasteiger partial charge in [-0.3, -0.25) is 9.40 Å². The predicted molar refractivity (Wildman–Crippen MR) is 84.0 cm³/mol. The van der Waals surface area contributed by atoms with Gasteiger partial charge in [-0.15, -0.1) is 0 Å². The molecule has 2 rings (SSSR count). The Hall–Kier alpha value is -2.02. The topological polar surface area (TPSA) is 76.0 Å². The Kier molecular flexibility index (Phi) is 4.52. The van der Waals surface area contributed by atoms with E-state index in [1.54, 1.807) is 35.1 Å². The summed E-state index contributed by atoms with van der Waals surface area (Å²) in [5, 5.41) is 7.23. The Morgan fingerprint density at radius 1 is 1.19 bits per heavy atom. The zero-order valence-electron chi connectivity index (χ0n) is 12.4. The average Bonchev–Trinajstić information content (AvgIpc) is 2.88. The zero-order valence-corrected chi connectivity index (χ0v) is 13.2. The summed E-state index contributed by atoms with van der Waals surface area (Å²) >= 11 is 0. The van der Waals surface area contributed by atoms with E-state index in [1.165, 1.54) is 6.20 Å². The van der Waals surface area contributed by atoms with Crippen LogP contribution in [0.25, 0.3) is 0 Å². The fourth-order valence-electron chi connectivity index (χ4n) is 1.84. The Balaban J connectivity index is 2.17. The van der Waals surface area contributed by atoms with Crippen molar-refractivity contribution in [2.45, 2.75) is 31.7 Å². The van der Waals surface area contributed by atoms with Crippen LogP contribution < -0.4 is 10.0 Å². The lowest BCUT2D eigenvalue weighted by Crippen LogP contribution is -2.12. The van der Waals surface area contributed by atoms with E-state index in [9.17, 15) is 8.42 Å². The lowest BCUT2D eigenvalue weighted by molar-refractivity contribution is 0.532. The first-order valence-corrected chi connectivity index (χ1v) is 8.31. The number of rotatable bonds is 6. The molecule has 1 aromatic carbocycles. The van der Waals surface area contributed by atoms with Gasteiger partial charge in [-0.1, -0.05) is 0 Å². The molecule has 0 saturated carbocycles. The quantitative estimate of drug-likeness (QED) is 0.860. The van der Waals surface area contributed by atoms with E-state index in [0.29, 0.717) is 5.69 Å². The molecule has 1 aromatic heterocycles.